The third kappa shape index (κ3) is 2.52. The first-order chi connectivity index (χ1) is 3.79. The quantitative estimate of drug-likeness (QED) is 0.523. The van der Waals surface area contributed by atoms with E-state index in [1.807, 2.05) is 0 Å². The van der Waals surface area contributed by atoms with Crippen molar-refractivity contribution in [1.82, 2.24) is 0 Å². The van der Waals surface area contributed by atoms with Crippen LogP contribution in [-0.4, -0.2) is 0 Å². The molecule has 0 aliphatic rings. The molecule has 0 heterocycles. The first-order valence-electron chi connectivity index (χ1n) is 2.82. The van der Waals surface area contributed by atoms with Gasteiger partial charge < -0.3 is 0 Å². The van der Waals surface area contributed by atoms with Crippen molar-refractivity contribution in [3.8, 4) is 0 Å². The lowest BCUT2D eigenvalue weighted by Gasteiger charge is -1.90. The molecule has 0 N–H and O–H groups in total. The number of hydrogen-bond acceptors (Lipinski definition) is 0. The van der Waals surface area contributed by atoms with Gasteiger partial charge in [0.25, 0.3) is 0 Å². The van der Waals surface area contributed by atoms with Gasteiger partial charge in [-0.2, -0.15) is 0 Å². The van der Waals surface area contributed by atoms with Gasteiger partial charge in [0.05, 0.1) is 0 Å². The Kier molecular flexibility index (Phi) is 3.33. The fourth-order valence-corrected chi connectivity index (χ4v) is 0.807. The second-order valence-electron chi connectivity index (χ2n) is 2.16. The summed E-state index contributed by atoms with van der Waals surface area (Å²) in [6.07, 6.45) is 0. The molecule has 50 valence electrons. The third-order valence-electron chi connectivity index (χ3n) is 1.17. The van der Waals surface area contributed by atoms with Crippen molar-refractivity contribution in [1.29, 1.82) is 0 Å². The van der Waals surface area contributed by atoms with E-state index >= 15 is 0 Å². The molecule has 1 aromatic carbocycles. The lowest BCUT2D eigenvalue weighted by molar-refractivity contribution is 1.39. The number of aryl methyl sites for hydroxylation is 2. The molecule has 0 nitrogen and oxygen atoms in total. The maximum absolute atomic E-state index is 2.17. The van der Waals surface area contributed by atoms with E-state index in [-0.39, 0.29) is 12.4 Å². The zero-order chi connectivity index (χ0) is 5.98. The molecule has 0 amide bonds. The fraction of sp³-hybridized carbons (Fsp3) is 0.250. The average molecular weight is 143 g/mol. The molecule has 9 heavy (non-hydrogen) atoms. The van der Waals surface area contributed by atoms with Crippen molar-refractivity contribution in [2.75, 3.05) is 0 Å². The number of benzene rings is 1. The summed E-state index contributed by atoms with van der Waals surface area (Å²) >= 11 is 0. The predicted octanol–water partition coefficient (Wildman–Crippen LogP) is 2.73. The zero-order valence-corrected chi connectivity index (χ0v) is 6.53. The average Bonchev–Trinajstić information content (AvgIpc) is 1.64. The molecular formula is C8H11Cl. The monoisotopic (exact) mass is 142 g/mol. The van der Waals surface area contributed by atoms with Crippen molar-refractivity contribution >= 4 is 12.4 Å². The van der Waals surface area contributed by atoms with Gasteiger partial charge in [-0.05, 0) is 13.8 Å². The number of rotatable bonds is 0. The molecule has 0 saturated carbocycles. The van der Waals surface area contributed by atoms with Crippen molar-refractivity contribution in [2.24, 2.45) is 0 Å². The molecule has 0 aliphatic heterocycles. The molecule has 0 atom stereocenters. The summed E-state index contributed by atoms with van der Waals surface area (Å²) < 4.78 is 0. The normalized spacial score (nSPS) is 8.22. The van der Waals surface area contributed by atoms with Crippen LogP contribution in [0.1, 0.15) is 11.1 Å². The maximum Gasteiger partial charge on any atom is -0.0398 e. The maximum atomic E-state index is 2.17. The summed E-state index contributed by atoms with van der Waals surface area (Å²) in [4.78, 5) is 0. The van der Waals surface area contributed by atoms with E-state index in [0.717, 1.165) is 0 Å². The van der Waals surface area contributed by atoms with Gasteiger partial charge in [0.2, 0.25) is 0 Å². The summed E-state index contributed by atoms with van der Waals surface area (Å²) in [5, 5.41) is 0. The van der Waals surface area contributed by atoms with Crippen LogP contribution in [0.3, 0.4) is 0 Å². The topological polar surface area (TPSA) is 0 Å². The van der Waals surface area contributed by atoms with E-state index in [9.17, 15) is 0 Å². The number of hydrogen-bond donors (Lipinski definition) is 0. The standard InChI is InChI=1S/C8H10.ClH/c1-7-4-3-5-8(2)6-7;/h3-6H,1-2H3;1H. The Labute approximate surface area is 62.3 Å². The Morgan fingerprint density at radius 2 is 1.44 bits per heavy atom. The largest absolute Gasteiger partial charge is 0.147 e. The Morgan fingerprint density at radius 3 is 1.67 bits per heavy atom. The minimum absolute atomic E-state index is 0. The van der Waals surface area contributed by atoms with Crippen LogP contribution in [0.4, 0.5) is 0 Å². The minimum atomic E-state index is 0. The number of halogens is 1. The first-order valence-corrected chi connectivity index (χ1v) is 2.82. The van der Waals surface area contributed by atoms with Crippen molar-refractivity contribution in [2.45, 2.75) is 13.8 Å². The van der Waals surface area contributed by atoms with Crippen LogP contribution >= 0.6 is 12.4 Å². The molecule has 0 spiro atoms. The third-order valence-corrected chi connectivity index (χ3v) is 1.17. The second kappa shape index (κ2) is 3.52. The predicted molar refractivity (Wildman–Crippen MR) is 43.2 cm³/mol. The molecule has 0 radical (unpaired) electrons. The van der Waals surface area contributed by atoms with Crippen molar-refractivity contribution in [3.05, 3.63) is 35.4 Å². The summed E-state index contributed by atoms with van der Waals surface area (Å²) in [5.74, 6) is 0. The van der Waals surface area contributed by atoms with Gasteiger partial charge in [-0.15, -0.1) is 12.4 Å². The van der Waals surface area contributed by atoms with E-state index < -0.39 is 0 Å². The molecule has 0 fully saturated rings. The summed E-state index contributed by atoms with van der Waals surface area (Å²) in [5.41, 5.74) is 2.68. The Bertz CT molecular complexity index is 164. The molecule has 1 rings (SSSR count). The first kappa shape index (κ1) is 8.51. The van der Waals surface area contributed by atoms with Gasteiger partial charge in [0, 0.05) is 0 Å². The van der Waals surface area contributed by atoms with Crippen LogP contribution < -0.4 is 0 Å². The molecule has 0 aliphatic carbocycles. The van der Waals surface area contributed by atoms with Crippen LogP contribution in [-0.2, 0) is 0 Å². The van der Waals surface area contributed by atoms with Gasteiger partial charge in [-0.3, -0.25) is 0 Å². The highest BCUT2D eigenvalue weighted by Crippen LogP contribution is 2.00. The van der Waals surface area contributed by atoms with Crippen LogP contribution in [0.2, 0.25) is 0 Å². The van der Waals surface area contributed by atoms with E-state index in [1.165, 1.54) is 11.1 Å². The fourth-order valence-electron chi connectivity index (χ4n) is 0.807. The van der Waals surface area contributed by atoms with Gasteiger partial charge in [-0.25, -0.2) is 0 Å². The van der Waals surface area contributed by atoms with Gasteiger partial charge in [-0.1, -0.05) is 35.4 Å². The zero-order valence-electron chi connectivity index (χ0n) is 5.72. The molecule has 1 aromatic rings. The molecule has 0 saturated heterocycles. The lowest BCUT2D eigenvalue weighted by Crippen LogP contribution is -1.71. The van der Waals surface area contributed by atoms with Gasteiger partial charge in [0.15, 0.2) is 0 Å². The van der Waals surface area contributed by atoms with Crippen molar-refractivity contribution < 1.29 is 0 Å². The highest BCUT2D eigenvalue weighted by atomic mass is 35.5. The Balaban J connectivity index is 0.000000640. The molecular weight excluding hydrogens is 132 g/mol. The lowest BCUT2D eigenvalue weighted by atomic mass is 10.2. The summed E-state index contributed by atoms with van der Waals surface area (Å²) in [7, 11) is 0. The Hall–Kier alpha value is -0.490. The summed E-state index contributed by atoms with van der Waals surface area (Å²) in [6, 6.07) is 8.45. The van der Waals surface area contributed by atoms with Crippen LogP contribution in [0.15, 0.2) is 24.3 Å². The molecule has 0 unspecified atom stereocenters. The molecule has 1 heteroatoms. The van der Waals surface area contributed by atoms with Gasteiger partial charge >= 0.3 is 0 Å². The molecule has 0 aromatic heterocycles. The second-order valence-corrected chi connectivity index (χ2v) is 2.16. The Morgan fingerprint density at radius 1 is 1.00 bits per heavy atom. The van der Waals surface area contributed by atoms with Crippen molar-refractivity contribution in [3.63, 3.8) is 0 Å². The van der Waals surface area contributed by atoms with E-state index in [2.05, 4.69) is 38.1 Å². The van der Waals surface area contributed by atoms with Crippen LogP contribution in [0.5, 0.6) is 0 Å². The summed E-state index contributed by atoms with van der Waals surface area (Å²) in [6.45, 7) is 4.21. The van der Waals surface area contributed by atoms with E-state index in [1.54, 1.807) is 0 Å². The smallest absolute Gasteiger partial charge is 0.0398 e. The van der Waals surface area contributed by atoms with E-state index in [0.29, 0.717) is 0 Å². The van der Waals surface area contributed by atoms with Crippen LogP contribution in [0.25, 0.3) is 0 Å². The molecule has 0 bridgehead atoms. The minimum Gasteiger partial charge on any atom is -0.147 e. The van der Waals surface area contributed by atoms with E-state index in [4.69, 9.17) is 0 Å². The van der Waals surface area contributed by atoms with Crippen LogP contribution in [0, 0.1) is 13.8 Å². The highest BCUT2D eigenvalue weighted by molar-refractivity contribution is 5.85. The SMILES string of the molecule is Cc1cccc(C)c1.Cl. The van der Waals surface area contributed by atoms with Gasteiger partial charge in [0.1, 0.15) is 0 Å². The highest BCUT2D eigenvalue weighted by Gasteiger charge is 1.80.